The Kier molecular flexibility index (Phi) is 7.28. The van der Waals surface area contributed by atoms with Crippen LogP contribution < -0.4 is 14.8 Å². The van der Waals surface area contributed by atoms with Gasteiger partial charge < -0.3 is 5.32 Å². The molecule has 0 radical (unpaired) electrons. The molecule has 0 amide bonds. The zero-order valence-corrected chi connectivity index (χ0v) is 13.2. The van der Waals surface area contributed by atoms with E-state index in [1.807, 2.05) is 13.8 Å². The van der Waals surface area contributed by atoms with Crippen LogP contribution in [0.25, 0.3) is 0 Å². The highest BCUT2D eigenvalue weighted by molar-refractivity contribution is 7.87. The van der Waals surface area contributed by atoms with Gasteiger partial charge in [0, 0.05) is 18.6 Å². The SMILES string of the molecule is CCCNC1CCC(NS(=O)(=O)NCC(C)C)CC1. The van der Waals surface area contributed by atoms with Gasteiger partial charge in [-0.25, -0.2) is 4.72 Å². The van der Waals surface area contributed by atoms with Crippen LogP contribution in [0.1, 0.15) is 52.9 Å². The van der Waals surface area contributed by atoms with Gasteiger partial charge in [-0.05, 0) is 44.6 Å². The van der Waals surface area contributed by atoms with Crippen LogP contribution in [0.15, 0.2) is 0 Å². The Balaban J connectivity index is 2.28. The highest BCUT2D eigenvalue weighted by Crippen LogP contribution is 2.19. The van der Waals surface area contributed by atoms with Crippen LogP contribution in [0.2, 0.25) is 0 Å². The lowest BCUT2D eigenvalue weighted by Crippen LogP contribution is -2.47. The Labute approximate surface area is 118 Å². The van der Waals surface area contributed by atoms with Crippen LogP contribution >= 0.6 is 0 Å². The molecule has 0 aromatic rings. The minimum absolute atomic E-state index is 0.0874. The second-order valence-electron chi connectivity index (χ2n) is 5.87. The van der Waals surface area contributed by atoms with Gasteiger partial charge in [0.1, 0.15) is 0 Å². The molecule has 0 aliphatic heterocycles. The van der Waals surface area contributed by atoms with Crippen molar-refractivity contribution in [3.8, 4) is 0 Å². The third-order valence-electron chi connectivity index (χ3n) is 3.41. The summed E-state index contributed by atoms with van der Waals surface area (Å²) < 4.78 is 29.0. The highest BCUT2D eigenvalue weighted by Gasteiger charge is 2.24. The van der Waals surface area contributed by atoms with Gasteiger partial charge >= 0.3 is 0 Å². The molecule has 0 bridgehead atoms. The molecule has 6 heteroatoms. The minimum atomic E-state index is -3.33. The lowest BCUT2D eigenvalue weighted by atomic mass is 9.92. The molecule has 1 aliphatic carbocycles. The fourth-order valence-corrected chi connectivity index (χ4v) is 3.61. The van der Waals surface area contributed by atoms with E-state index in [4.69, 9.17) is 0 Å². The second kappa shape index (κ2) is 8.19. The van der Waals surface area contributed by atoms with Crippen molar-refractivity contribution >= 4 is 10.2 Å². The van der Waals surface area contributed by atoms with Crippen molar-refractivity contribution in [2.24, 2.45) is 5.92 Å². The molecule has 1 aliphatic rings. The normalized spacial score (nSPS) is 24.8. The van der Waals surface area contributed by atoms with Gasteiger partial charge in [-0.1, -0.05) is 20.8 Å². The summed E-state index contributed by atoms with van der Waals surface area (Å²) in [5.74, 6) is 0.325. The molecule has 1 saturated carbocycles. The molecule has 0 unspecified atom stereocenters. The van der Waals surface area contributed by atoms with Crippen molar-refractivity contribution < 1.29 is 8.42 Å². The van der Waals surface area contributed by atoms with E-state index in [0.29, 0.717) is 18.5 Å². The van der Waals surface area contributed by atoms with E-state index in [9.17, 15) is 8.42 Å². The predicted molar refractivity (Wildman–Crippen MR) is 79.2 cm³/mol. The summed E-state index contributed by atoms with van der Waals surface area (Å²) in [4.78, 5) is 0. The first kappa shape index (κ1) is 16.9. The number of nitrogens with one attached hydrogen (secondary N) is 3. The fourth-order valence-electron chi connectivity index (χ4n) is 2.30. The second-order valence-corrected chi connectivity index (χ2v) is 7.40. The van der Waals surface area contributed by atoms with Gasteiger partial charge in [0.15, 0.2) is 0 Å². The molecule has 0 aromatic heterocycles. The summed E-state index contributed by atoms with van der Waals surface area (Å²) in [6.45, 7) is 7.69. The lowest BCUT2D eigenvalue weighted by molar-refractivity contribution is 0.329. The van der Waals surface area contributed by atoms with Gasteiger partial charge in [0.05, 0.1) is 0 Å². The van der Waals surface area contributed by atoms with Crippen LogP contribution in [-0.2, 0) is 10.2 Å². The molecule has 0 atom stereocenters. The Hall–Kier alpha value is -0.170. The fraction of sp³-hybridized carbons (Fsp3) is 1.00. The Morgan fingerprint density at radius 2 is 1.68 bits per heavy atom. The summed E-state index contributed by atoms with van der Waals surface area (Å²) >= 11 is 0. The van der Waals surface area contributed by atoms with Crippen molar-refractivity contribution in [3.05, 3.63) is 0 Å². The lowest BCUT2D eigenvalue weighted by Gasteiger charge is -2.29. The van der Waals surface area contributed by atoms with Gasteiger partial charge in [-0.15, -0.1) is 0 Å². The van der Waals surface area contributed by atoms with Gasteiger partial charge in [0.25, 0.3) is 10.2 Å². The van der Waals surface area contributed by atoms with Crippen molar-refractivity contribution in [2.45, 2.75) is 65.0 Å². The first-order valence-electron chi connectivity index (χ1n) is 7.43. The van der Waals surface area contributed by atoms with Crippen LogP contribution in [0.5, 0.6) is 0 Å². The van der Waals surface area contributed by atoms with Crippen LogP contribution in [0, 0.1) is 5.92 Å². The van der Waals surface area contributed by atoms with Gasteiger partial charge in [0.2, 0.25) is 0 Å². The summed E-state index contributed by atoms with van der Waals surface area (Å²) in [5, 5.41) is 3.50. The smallest absolute Gasteiger partial charge is 0.277 e. The van der Waals surface area contributed by atoms with E-state index >= 15 is 0 Å². The van der Waals surface area contributed by atoms with Crippen LogP contribution in [0.4, 0.5) is 0 Å². The minimum Gasteiger partial charge on any atom is -0.314 e. The van der Waals surface area contributed by atoms with Crippen molar-refractivity contribution in [1.29, 1.82) is 0 Å². The highest BCUT2D eigenvalue weighted by atomic mass is 32.2. The average Bonchev–Trinajstić information content (AvgIpc) is 2.35. The molecule has 0 heterocycles. The van der Waals surface area contributed by atoms with E-state index in [2.05, 4.69) is 21.7 Å². The molecule has 1 fully saturated rings. The third kappa shape index (κ3) is 7.25. The summed E-state index contributed by atoms with van der Waals surface area (Å²) in [6, 6.07) is 0.647. The van der Waals surface area contributed by atoms with E-state index in [0.717, 1.165) is 38.6 Å². The monoisotopic (exact) mass is 291 g/mol. The molecule has 0 saturated heterocycles. The molecule has 1 rings (SSSR count). The maximum Gasteiger partial charge on any atom is 0.277 e. The van der Waals surface area contributed by atoms with E-state index in [1.165, 1.54) is 0 Å². The van der Waals surface area contributed by atoms with E-state index in [-0.39, 0.29) is 6.04 Å². The summed E-state index contributed by atoms with van der Waals surface area (Å²) in [6.07, 6.45) is 5.09. The summed E-state index contributed by atoms with van der Waals surface area (Å²) in [7, 11) is -3.33. The Bertz CT molecular complexity index is 336. The quantitative estimate of drug-likeness (QED) is 0.633. The van der Waals surface area contributed by atoms with Crippen molar-refractivity contribution in [3.63, 3.8) is 0 Å². The first-order valence-corrected chi connectivity index (χ1v) is 8.91. The Morgan fingerprint density at radius 1 is 1.11 bits per heavy atom. The molecule has 114 valence electrons. The number of rotatable bonds is 8. The van der Waals surface area contributed by atoms with Gasteiger partial charge in [-0.3, -0.25) is 0 Å². The zero-order chi connectivity index (χ0) is 14.3. The number of hydrogen-bond donors (Lipinski definition) is 3. The largest absolute Gasteiger partial charge is 0.314 e. The van der Waals surface area contributed by atoms with E-state index in [1.54, 1.807) is 0 Å². The van der Waals surface area contributed by atoms with E-state index < -0.39 is 10.2 Å². The number of hydrogen-bond acceptors (Lipinski definition) is 3. The molecular formula is C13H29N3O2S. The summed E-state index contributed by atoms with van der Waals surface area (Å²) in [5.41, 5.74) is 0. The topological polar surface area (TPSA) is 70.2 Å². The molecule has 0 spiro atoms. The van der Waals surface area contributed by atoms with Gasteiger partial charge in [-0.2, -0.15) is 13.1 Å². The Morgan fingerprint density at radius 3 is 2.21 bits per heavy atom. The molecule has 3 N–H and O–H groups in total. The van der Waals surface area contributed by atoms with Crippen LogP contribution in [0.3, 0.4) is 0 Å². The predicted octanol–water partition coefficient (Wildman–Crippen LogP) is 1.38. The first-order chi connectivity index (χ1) is 8.93. The molecule has 5 nitrogen and oxygen atoms in total. The van der Waals surface area contributed by atoms with Crippen molar-refractivity contribution in [2.75, 3.05) is 13.1 Å². The maximum atomic E-state index is 11.8. The zero-order valence-electron chi connectivity index (χ0n) is 12.4. The maximum absolute atomic E-state index is 11.8. The molecular weight excluding hydrogens is 262 g/mol. The standard InChI is InChI=1S/C13H29N3O2S/c1-4-9-14-12-5-7-13(8-6-12)16-19(17,18)15-10-11(2)3/h11-16H,4-10H2,1-3H3. The third-order valence-corrected chi connectivity index (χ3v) is 4.60. The van der Waals surface area contributed by atoms with Crippen LogP contribution in [-0.4, -0.2) is 33.6 Å². The molecule has 0 aromatic carbocycles. The van der Waals surface area contributed by atoms with Crippen molar-refractivity contribution in [1.82, 2.24) is 14.8 Å². The molecule has 19 heavy (non-hydrogen) atoms. The average molecular weight is 291 g/mol.